The molecule has 4 N–H and O–H groups in total. The van der Waals surface area contributed by atoms with Crippen molar-refractivity contribution in [1.82, 2.24) is 14.9 Å². The van der Waals surface area contributed by atoms with Crippen molar-refractivity contribution in [2.75, 3.05) is 49.2 Å². The summed E-state index contributed by atoms with van der Waals surface area (Å²) in [7, 11) is 2.17. The molecule has 1 aliphatic heterocycles. The normalized spacial score (nSPS) is 14.5. The summed E-state index contributed by atoms with van der Waals surface area (Å²) in [6.07, 6.45) is 1.70. The van der Waals surface area contributed by atoms with Gasteiger partial charge in [-0.05, 0) is 54.9 Å². The molecule has 1 aliphatic rings. The molecule has 0 unspecified atom stereocenters. The van der Waals surface area contributed by atoms with E-state index in [1.807, 2.05) is 39.0 Å². The van der Waals surface area contributed by atoms with Crippen molar-refractivity contribution in [2.24, 2.45) is 5.92 Å². The highest BCUT2D eigenvalue weighted by Crippen LogP contribution is 2.40. The summed E-state index contributed by atoms with van der Waals surface area (Å²) >= 11 is 0. The molecule has 2 aromatic heterocycles. The van der Waals surface area contributed by atoms with Crippen molar-refractivity contribution < 1.29 is 4.79 Å². The van der Waals surface area contributed by atoms with Crippen LogP contribution < -0.4 is 16.0 Å². The zero-order chi connectivity index (χ0) is 25.4. The number of nitrogens with one attached hydrogen (secondary N) is 2. The zero-order valence-electron chi connectivity index (χ0n) is 21.4. The second-order valence-electron chi connectivity index (χ2n) is 10.0. The number of rotatable bonds is 5. The second-order valence-corrected chi connectivity index (χ2v) is 10.0. The molecule has 36 heavy (non-hydrogen) atoms. The highest BCUT2D eigenvalue weighted by molar-refractivity contribution is 6.05. The molecular weight excluding hydrogens is 448 g/mol. The number of anilines is 3. The van der Waals surface area contributed by atoms with Gasteiger partial charge in [0.05, 0.1) is 17.6 Å². The number of aromatic amines is 1. The van der Waals surface area contributed by atoms with Crippen LogP contribution in [0.3, 0.4) is 0 Å². The van der Waals surface area contributed by atoms with Crippen LogP contribution in [0.15, 0.2) is 54.7 Å². The third kappa shape index (κ3) is 4.66. The molecule has 0 saturated carbocycles. The maximum atomic E-state index is 12.3. The average molecular weight is 483 g/mol. The van der Waals surface area contributed by atoms with Crippen LogP contribution in [-0.4, -0.2) is 54.0 Å². The fraction of sp³-hybridized carbons (Fsp3) is 0.310. The number of amides is 1. The van der Waals surface area contributed by atoms with Crippen LogP contribution >= 0.6 is 0 Å². The number of nitrogens with zero attached hydrogens (tertiary/aromatic N) is 3. The minimum Gasteiger partial charge on any atom is -0.398 e. The van der Waals surface area contributed by atoms with Crippen molar-refractivity contribution >= 4 is 34.0 Å². The van der Waals surface area contributed by atoms with E-state index in [0.29, 0.717) is 5.69 Å². The van der Waals surface area contributed by atoms with Crippen molar-refractivity contribution in [3.63, 3.8) is 0 Å². The topological polar surface area (TPSA) is 90.3 Å². The SMILES string of the molecule is Cc1ccc(-c2c(-c3ccc(N4CCN(C)CC4)cc3)[nH]c3ncc(NC(=O)C(C)C)cc23)cc1N. The number of carbonyl (C=O) groups is 1. The first kappa shape index (κ1) is 23.9. The van der Waals surface area contributed by atoms with Gasteiger partial charge in [-0.15, -0.1) is 0 Å². The van der Waals surface area contributed by atoms with E-state index < -0.39 is 0 Å². The predicted octanol–water partition coefficient (Wildman–Crippen LogP) is 5.13. The first-order valence-corrected chi connectivity index (χ1v) is 12.5. The van der Waals surface area contributed by atoms with Crippen LogP contribution in [0.25, 0.3) is 33.4 Å². The second kappa shape index (κ2) is 9.66. The van der Waals surface area contributed by atoms with Crippen molar-refractivity contribution in [3.05, 3.63) is 60.3 Å². The molecule has 0 atom stereocenters. The van der Waals surface area contributed by atoms with Crippen LogP contribution in [-0.2, 0) is 4.79 Å². The van der Waals surface area contributed by atoms with Crippen molar-refractivity contribution in [1.29, 1.82) is 0 Å². The summed E-state index contributed by atoms with van der Waals surface area (Å²) in [5, 5.41) is 3.92. The van der Waals surface area contributed by atoms with E-state index in [-0.39, 0.29) is 11.8 Å². The lowest BCUT2D eigenvalue weighted by Crippen LogP contribution is -2.44. The number of pyridine rings is 1. The maximum Gasteiger partial charge on any atom is 0.226 e. The molecule has 3 heterocycles. The van der Waals surface area contributed by atoms with Gasteiger partial charge in [0.15, 0.2) is 0 Å². The van der Waals surface area contributed by atoms with E-state index in [2.05, 4.69) is 62.5 Å². The third-order valence-electron chi connectivity index (χ3n) is 7.03. The molecule has 1 fully saturated rings. The van der Waals surface area contributed by atoms with Gasteiger partial charge in [0, 0.05) is 54.4 Å². The van der Waals surface area contributed by atoms with Gasteiger partial charge in [-0.25, -0.2) is 4.98 Å². The number of carbonyl (C=O) groups excluding carboxylic acids is 1. The smallest absolute Gasteiger partial charge is 0.226 e. The van der Waals surface area contributed by atoms with Crippen LogP contribution in [0, 0.1) is 12.8 Å². The highest BCUT2D eigenvalue weighted by atomic mass is 16.1. The Balaban J connectivity index is 1.59. The first-order valence-electron chi connectivity index (χ1n) is 12.5. The molecule has 7 nitrogen and oxygen atoms in total. The van der Waals surface area contributed by atoms with E-state index in [1.54, 1.807) is 6.20 Å². The Labute approximate surface area is 212 Å². The Morgan fingerprint density at radius 3 is 2.39 bits per heavy atom. The number of aryl methyl sites for hydroxylation is 1. The molecule has 0 bridgehead atoms. The van der Waals surface area contributed by atoms with Crippen LogP contribution in [0.5, 0.6) is 0 Å². The maximum absolute atomic E-state index is 12.3. The zero-order valence-corrected chi connectivity index (χ0v) is 21.4. The van der Waals surface area contributed by atoms with E-state index >= 15 is 0 Å². The summed E-state index contributed by atoms with van der Waals surface area (Å²) < 4.78 is 0. The number of aromatic nitrogens is 2. The summed E-state index contributed by atoms with van der Waals surface area (Å²) in [6.45, 7) is 9.97. The van der Waals surface area contributed by atoms with Gasteiger partial charge in [-0.3, -0.25) is 4.79 Å². The molecule has 4 aromatic rings. The molecule has 7 heteroatoms. The van der Waals surface area contributed by atoms with Crippen LogP contribution in [0.4, 0.5) is 17.1 Å². The summed E-state index contributed by atoms with van der Waals surface area (Å²) in [4.78, 5) is 25.3. The number of benzene rings is 2. The molecule has 186 valence electrons. The Hall–Kier alpha value is -3.84. The lowest BCUT2D eigenvalue weighted by molar-refractivity contribution is -0.118. The first-order chi connectivity index (χ1) is 17.3. The number of fused-ring (bicyclic) bond motifs is 1. The Morgan fingerprint density at radius 2 is 1.72 bits per heavy atom. The summed E-state index contributed by atoms with van der Waals surface area (Å²) in [5.74, 6) is -0.148. The Morgan fingerprint density at radius 1 is 1.03 bits per heavy atom. The number of likely N-dealkylation sites (N-methyl/N-ethyl adjacent to an activating group) is 1. The quantitative estimate of drug-likeness (QED) is 0.343. The van der Waals surface area contributed by atoms with Gasteiger partial charge in [0.1, 0.15) is 5.65 Å². The van der Waals surface area contributed by atoms with Gasteiger partial charge in [-0.1, -0.05) is 38.1 Å². The standard InChI is InChI=1S/C29H34N6O/c1-18(2)29(36)32-22-16-24-26(21-6-5-19(3)25(30)15-21)27(33-28(24)31-17-22)20-7-9-23(10-8-20)35-13-11-34(4)12-14-35/h5-10,15-18H,11-14,30H2,1-4H3,(H,31,33)(H,32,36). The number of H-pyrrole nitrogens is 1. The third-order valence-corrected chi connectivity index (χ3v) is 7.03. The van der Waals surface area contributed by atoms with Gasteiger partial charge in [0.25, 0.3) is 0 Å². The van der Waals surface area contributed by atoms with Gasteiger partial charge in [0.2, 0.25) is 5.91 Å². The number of nitrogen functional groups attached to an aromatic ring is 1. The molecular formula is C29H34N6O. The van der Waals surface area contributed by atoms with Gasteiger partial charge >= 0.3 is 0 Å². The lowest BCUT2D eigenvalue weighted by Gasteiger charge is -2.34. The molecule has 5 rings (SSSR count). The predicted molar refractivity (Wildman–Crippen MR) is 149 cm³/mol. The van der Waals surface area contributed by atoms with E-state index in [1.165, 1.54) is 5.69 Å². The number of hydrogen-bond acceptors (Lipinski definition) is 5. The molecule has 1 amide bonds. The van der Waals surface area contributed by atoms with Gasteiger partial charge < -0.3 is 25.8 Å². The van der Waals surface area contributed by atoms with Crippen LogP contribution in [0.2, 0.25) is 0 Å². The fourth-order valence-corrected chi connectivity index (χ4v) is 4.64. The van der Waals surface area contributed by atoms with E-state index in [9.17, 15) is 4.79 Å². The molecule has 0 radical (unpaired) electrons. The summed E-state index contributed by atoms with van der Waals surface area (Å²) in [5.41, 5.74) is 14.9. The molecule has 0 aliphatic carbocycles. The molecule has 1 saturated heterocycles. The Kier molecular flexibility index (Phi) is 6.41. The minimum atomic E-state index is -0.113. The average Bonchev–Trinajstić information content (AvgIpc) is 3.25. The largest absolute Gasteiger partial charge is 0.398 e. The van der Waals surface area contributed by atoms with E-state index in [4.69, 9.17) is 5.73 Å². The number of piperazine rings is 1. The minimum absolute atomic E-state index is 0.0347. The van der Waals surface area contributed by atoms with Gasteiger partial charge in [-0.2, -0.15) is 0 Å². The number of nitrogens with two attached hydrogens (primary N) is 1. The lowest BCUT2D eigenvalue weighted by atomic mass is 9.97. The fourth-order valence-electron chi connectivity index (χ4n) is 4.64. The van der Waals surface area contributed by atoms with E-state index in [0.717, 1.165) is 70.8 Å². The number of hydrogen-bond donors (Lipinski definition) is 3. The molecule has 2 aromatic carbocycles. The van der Waals surface area contributed by atoms with Crippen LogP contribution in [0.1, 0.15) is 19.4 Å². The monoisotopic (exact) mass is 482 g/mol. The molecule has 0 spiro atoms. The Bertz CT molecular complexity index is 1400. The van der Waals surface area contributed by atoms with Crippen molar-refractivity contribution in [3.8, 4) is 22.4 Å². The van der Waals surface area contributed by atoms with Crippen molar-refractivity contribution in [2.45, 2.75) is 20.8 Å². The highest BCUT2D eigenvalue weighted by Gasteiger charge is 2.19. The summed E-state index contributed by atoms with van der Waals surface area (Å²) in [6, 6.07) is 16.9.